The summed E-state index contributed by atoms with van der Waals surface area (Å²) in [5.41, 5.74) is 12.7. The largest absolute Gasteiger partial charge is 0.493 e. The van der Waals surface area contributed by atoms with Gasteiger partial charge in [-0.25, -0.2) is 4.99 Å². The smallest absolute Gasteiger partial charge is 0.190 e. The number of hydrogen-bond donors (Lipinski definition) is 3. The van der Waals surface area contributed by atoms with E-state index in [1.807, 2.05) is 0 Å². The van der Waals surface area contributed by atoms with E-state index < -0.39 is 0 Å². The van der Waals surface area contributed by atoms with E-state index in [0.29, 0.717) is 5.76 Å². The molecule has 0 unspecified atom stereocenters. The van der Waals surface area contributed by atoms with E-state index >= 15 is 0 Å². The third-order valence-electron chi connectivity index (χ3n) is 3.48. The van der Waals surface area contributed by atoms with Crippen molar-refractivity contribution in [1.82, 2.24) is 10.2 Å². The van der Waals surface area contributed by atoms with Gasteiger partial charge in [-0.1, -0.05) is 19.9 Å². The first-order valence-corrected chi connectivity index (χ1v) is 7.61. The van der Waals surface area contributed by atoms with E-state index in [-0.39, 0.29) is 5.96 Å². The number of nitrogens with two attached hydrogens (primary N) is 2. The minimum absolute atomic E-state index is 0.0565. The van der Waals surface area contributed by atoms with Crippen LogP contribution in [0.25, 0.3) is 0 Å². The lowest BCUT2D eigenvalue weighted by Crippen LogP contribution is -2.29. The second-order valence-electron chi connectivity index (χ2n) is 5.16. The average molecular weight is 295 g/mol. The molecular formula is C15H29N5O. The Morgan fingerprint density at radius 2 is 2.10 bits per heavy atom. The van der Waals surface area contributed by atoms with Crippen LogP contribution in [0, 0.1) is 0 Å². The first-order chi connectivity index (χ1) is 10.1. The number of aliphatic imine (C=N–C) groups is 1. The van der Waals surface area contributed by atoms with Crippen molar-refractivity contribution < 1.29 is 4.74 Å². The van der Waals surface area contributed by atoms with Gasteiger partial charge in [0.2, 0.25) is 0 Å². The van der Waals surface area contributed by atoms with Gasteiger partial charge in [-0.15, -0.1) is 0 Å². The molecule has 21 heavy (non-hydrogen) atoms. The third kappa shape index (κ3) is 5.67. The summed E-state index contributed by atoms with van der Waals surface area (Å²) < 4.78 is 5.57. The third-order valence-corrected chi connectivity index (χ3v) is 3.48. The van der Waals surface area contributed by atoms with Crippen LogP contribution in [0.2, 0.25) is 0 Å². The highest BCUT2D eigenvalue weighted by molar-refractivity contribution is 5.77. The molecule has 120 valence electrons. The van der Waals surface area contributed by atoms with Gasteiger partial charge in [-0.2, -0.15) is 0 Å². The summed E-state index contributed by atoms with van der Waals surface area (Å²) in [6.07, 6.45) is 3.94. The van der Waals surface area contributed by atoms with Gasteiger partial charge in [0.15, 0.2) is 11.7 Å². The summed E-state index contributed by atoms with van der Waals surface area (Å²) in [5, 5.41) is 3.38. The minimum atomic E-state index is 0.0565. The maximum absolute atomic E-state index is 5.57. The van der Waals surface area contributed by atoms with Gasteiger partial charge in [-0.05, 0) is 25.8 Å². The van der Waals surface area contributed by atoms with Crippen LogP contribution in [-0.2, 0) is 4.74 Å². The van der Waals surface area contributed by atoms with Crippen molar-refractivity contribution >= 4 is 5.96 Å². The SMILES string of the molecule is C=C(/C(OC)=C(/CCCC)N=C(N)N)N1CCCNCC1. The summed E-state index contributed by atoms with van der Waals surface area (Å²) >= 11 is 0. The molecule has 1 aliphatic rings. The Hall–Kier alpha value is -1.69. The van der Waals surface area contributed by atoms with E-state index in [0.717, 1.165) is 63.3 Å². The van der Waals surface area contributed by atoms with Gasteiger partial charge in [0, 0.05) is 19.6 Å². The van der Waals surface area contributed by atoms with Gasteiger partial charge in [0.05, 0.1) is 18.5 Å². The molecule has 0 spiro atoms. The molecule has 6 nitrogen and oxygen atoms in total. The van der Waals surface area contributed by atoms with Gasteiger partial charge < -0.3 is 26.4 Å². The molecule has 1 rings (SSSR count). The van der Waals surface area contributed by atoms with Gasteiger partial charge in [-0.3, -0.25) is 0 Å². The van der Waals surface area contributed by atoms with Crippen LogP contribution in [0.15, 0.2) is 28.7 Å². The van der Waals surface area contributed by atoms with Crippen molar-refractivity contribution in [3.8, 4) is 0 Å². The van der Waals surface area contributed by atoms with Crippen LogP contribution >= 0.6 is 0 Å². The van der Waals surface area contributed by atoms with Crippen molar-refractivity contribution in [2.75, 3.05) is 33.3 Å². The standard InChI is InChI=1S/C15H29N5O/c1-4-5-7-13(19-15(16)17)14(21-3)12(2)20-10-6-8-18-9-11-20/h18H,2,4-11H2,1,3H3,(H4,16,17,19)/b14-13+. The summed E-state index contributed by atoms with van der Waals surface area (Å²) in [4.78, 5) is 6.48. The molecule has 0 aromatic rings. The van der Waals surface area contributed by atoms with Crippen molar-refractivity contribution in [2.24, 2.45) is 16.5 Å². The number of nitrogens with zero attached hydrogens (tertiary/aromatic N) is 2. The van der Waals surface area contributed by atoms with E-state index in [1.165, 1.54) is 0 Å². The second-order valence-corrected chi connectivity index (χ2v) is 5.16. The molecule has 0 aliphatic carbocycles. The molecule has 0 aromatic heterocycles. The Labute approximate surface area is 127 Å². The Bertz CT molecular complexity index is 391. The Kier molecular flexibility index (Phi) is 7.68. The zero-order valence-corrected chi connectivity index (χ0v) is 13.3. The average Bonchev–Trinajstić information content (AvgIpc) is 2.73. The number of methoxy groups -OCH3 is 1. The Morgan fingerprint density at radius 3 is 2.71 bits per heavy atom. The highest BCUT2D eigenvalue weighted by atomic mass is 16.5. The number of allylic oxidation sites excluding steroid dienone is 1. The number of unbranched alkanes of at least 4 members (excludes halogenated alkanes) is 1. The van der Waals surface area contributed by atoms with Crippen LogP contribution in [0.5, 0.6) is 0 Å². The van der Waals surface area contributed by atoms with Crippen molar-refractivity contribution in [3.63, 3.8) is 0 Å². The second kappa shape index (κ2) is 9.28. The molecule has 0 radical (unpaired) electrons. The van der Waals surface area contributed by atoms with Gasteiger partial charge in [0.1, 0.15) is 0 Å². The fraction of sp³-hybridized carbons (Fsp3) is 0.667. The summed E-state index contributed by atoms with van der Waals surface area (Å²) in [6.45, 7) is 10.2. The summed E-state index contributed by atoms with van der Waals surface area (Å²) in [6, 6.07) is 0. The highest BCUT2D eigenvalue weighted by Gasteiger charge is 2.18. The summed E-state index contributed by atoms with van der Waals surface area (Å²) in [7, 11) is 1.64. The number of nitrogens with one attached hydrogen (secondary N) is 1. The number of ether oxygens (including phenoxy) is 1. The molecular weight excluding hydrogens is 266 g/mol. The molecule has 1 heterocycles. The topological polar surface area (TPSA) is 88.9 Å². The molecule has 6 heteroatoms. The Morgan fingerprint density at radius 1 is 1.33 bits per heavy atom. The monoisotopic (exact) mass is 295 g/mol. The van der Waals surface area contributed by atoms with Gasteiger partial charge in [0.25, 0.3) is 0 Å². The predicted molar refractivity (Wildman–Crippen MR) is 87.6 cm³/mol. The van der Waals surface area contributed by atoms with Crippen LogP contribution < -0.4 is 16.8 Å². The van der Waals surface area contributed by atoms with Gasteiger partial charge >= 0.3 is 0 Å². The zero-order chi connectivity index (χ0) is 15.7. The molecule has 0 saturated carbocycles. The van der Waals surface area contributed by atoms with E-state index in [4.69, 9.17) is 16.2 Å². The summed E-state index contributed by atoms with van der Waals surface area (Å²) in [5.74, 6) is 0.750. The minimum Gasteiger partial charge on any atom is -0.493 e. The van der Waals surface area contributed by atoms with E-state index in [2.05, 4.69) is 28.7 Å². The van der Waals surface area contributed by atoms with Crippen molar-refractivity contribution in [2.45, 2.75) is 32.6 Å². The normalized spacial score (nSPS) is 16.8. The maximum Gasteiger partial charge on any atom is 0.190 e. The lowest BCUT2D eigenvalue weighted by atomic mass is 10.1. The fourth-order valence-electron chi connectivity index (χ4n) is 2.38. The number of rotatable bonds is 7. The molecule has 1 saturated heterocycles. The number of guanidine groups is 1. The first-order valence-electron chi connectivity index (χ1n) is 7.61. The zero-order valence-electron chi connectivity index (χ0n) is 13.3. The first kappa shape index (κ1) is 17.4. The fourth-order valence-corrected chi connectivity index (χ4v) is 2.38. The molecule has 0 aromatic carbocycles. The van der Waals surface area contributed by atoms with Crippen molar-refractivity contribution in [3.05, 3.63) is 23.7 Å². The molecule has 0 amide bonds. The molecule has 1 aliphatic heterocycles. The van der Waals surface area contributed by atoms with E-state index in [1.54, 1.807) is 7.11 Å². The van der Waals surface area contributed by atoms with Crippen LogP contribution in [0.4, 0.5) is 0 Å². The predicted octanol–water partition coefficient (Wildman–Crippen LogP) is 1.12. The van der Waals surface area contributed by atoms with E-state index in [9.17, 15) is 0 Å². The molecule has 1 fully saturated rings. The number of hydrogen-bond acceptors (Lipinski definition) is 4. The lowest BCUT2D eigenvalue weighted by Gasteiger charge is -2.26. The molecule has 0 atom stereocenters. The van der Waals surface area contributed by atoms with Crippen LogP contribution in [-0.4, -0.2) is 44.1 Å². The maximum atomic E-state index is 5.57. The molecule has 5 N–H and O–H groups in total. The quantitative estimate of drug-likeness (QED) is 0.283. The molecule has 0 bridgehead atoms. The Balaban J connectivity index is 2.99. The van der Waals surface area contributed by atoms with Crippen molar-refractivity contribution in [1.29, 1.82) is 0 Å². The highest BCUT2D eigenvalue weighted by Crippen LogP contribution is 2.23. The van der Waals surface area contributed by atoms with Crippen LogP contribution in [0.1, 0.15) is 32.6 Å². The lowest BCUT2D eigenvalue weighted by molar-refractivity contribution is 0.255. The van der Waals surface area contributed by atoms with Crippen LogP contribution in [0.3, 0.4) is 0 Å².